The summed E-state index contributed by atoms with van der Waals surface area (Å²) in [5, 5.41) is 8.80. The molecular formula is C16H14N2O4S2. The number of hydrogen-bond donors (Lipinski definition) is 1. The standard InChI is InChI=1S/C16H14N2O4S2/c1-2-17-10-6-4-3-5-9(10)12(14(17)21)13-15(22)18(16(23)24-13)8-7-11(19)20/h3-6H,2,7-8H2,1H3,(H,19,20)/b13-12+. The SMILES string of the molecule is CCN1C(=O)/C(=C2/SC(=S)N(CCC(=O)O)C2=O)c2ccccc21. The Hall–Kier alpha value is -2.19. The fourth-order valence-corrected chi connectivity index (χ4v) is 4.14. The Balaban J connectivity index is 2.04. The van der Waals surface area contributed by atoms with Crippen molar-refractivity contribution in [3.8, 4) is 0 Å². The molecule has 0 spiro atoms. The Morgan fingerprint density at radius 2 is 1.92 bits per heavy atom. The summed E-state index contributed by atoms with van der Waals surface area (Å²) in [7, 11) is 0. The zero-order valence-electron chi connectivity index (χ0n) is 12.8. The summed E-state index contributed by atoms with van der Waals surface area (Å²) in [5.41, 5.74) is 1.83. The van der Waals surface area contributed by atoms with E-state index in [4.69, 9.17) is 17.3 Å². The molecule has 2 heterocycles. The second-order valence-electron chi connectivity index (χ2n) is 5.24. The molecule has 24 heavy (non-hydrogen) atoms. The van der Waals surface area contributed by atoms with E-state index in [2.05, 4.69) is 0 Å². The van der Waals surface area contributed by atoms with Gasteiger partial charge in [-0.2, -0.15) is 0 Å². The fourth-order valence-electron chi connectivity index (χ4n) is 2.76. The summed E-state index contributed by atoms with van der Waals surface area (Å²) < 4.78 is 0.281. The van der Waals surface area contributed by atoms with Gasteiger partial charge in [-0.25, -0.2) is 0 Å². The molecule has 6 nitrogen and oxygen atoms in total. The Morgan fingerprint density at radius 1 is 1.21 bits per heavy atom. The molecule has 8 heteroatoms. The van der Waals surface area contributed by atoms with Crippen molar-refractivity contribution >= 4 is 57.3 Å². The Bertz CT molecular complexity index is 803. The van der Waals surface area contributed by atoms with E-state index in [1.807, 2.05) is 31.2 Å². The molecule has 0 radical (unpaired) electrons. The minimum absolute atomic E-state index is 0.00408. The largest absolute Gasteiger partial charge is 0.481 e. The van der Waals surface area contributed by atoms with Crippen molar-refractivity contribution < 1.29 is 19.5 Å². The van der Waals surface area contributed by atoms with Gasteiger partial charge in [0.15, 0.2) is 0 Å². The second kappa shape index (κ2) is 6.37. The van der Waals surface area contributed by atoms with Crippen LogP contribution in [0, 0.1) is 0 Å². The van der Waals surface area contributed by atoms with Gasteiger partial charge in [0.1, 0.15) is 4.32 Å². The van der Waals surface area contributed by atoms with Crippen molar-refractivity contribution in [3.05, 3.63) is 34.7 Å². The van der Waals surface area contributed by atoms with Crippen LogP contribution in [0.5, 0.6) is 0 Å². The first kappa shape index (κ1) is 16.7. The lowest BCUT2D eigenvalue weighted by molar-refractivity contribution is -0.137. The molecule has 1 aromatic rings. The fraction of sp³-hybridized carbons (Fsp3) is 0.250. The smallest absolute Gasteiger partial charge is 0.305 e. The summed E-state index contributed by atoms with van der Waals surface area (Å²) in [6.07, 6.45) is -0.194. The van der Waals surface area contributed by atoms with Crippen LogP contribution in [0.1, 0.15) is 18.9 Å². The number of amides is 2. The van der Waals surface area contributed by atoms with Gasteiger partial charge in [-0.15, -0.1) is 0 Å². The summed E-state index contributed by atoms with van der Waals surface area (Å²) in [5.74, 6) is -1.63. The molecule has 0 aliphatic carbocycles. The summed E-state index contributed by atoms with van der Waals surface area (Å²) in [4.78, 5) is 39.3. The Kier molecular flexibility index (Phi) is 4.42. The topological polar surface area (TPSA) is 77.9 Å². The molecule has 1 aromatic carbocycles. The van der Waals surface area contributed by atoms with Gasteiger partial charge >= 0.3 is 5.97 Å². The summed E-state index contributed by atoms with van der Waals surface area (Å²) in [6.45, 7) is 2.37. The number of carboxylic acid groups (broad SMARTS) is 1. The monoisotopic (exact) mass is 362 g/mol. The summed E-state index contributed by atoms with van der Waals surface area (Å²) >= 11 is 6.25. The van der Waals surface area contributed by atoms with Crippen molar-refractivity contribution in [3.63, 3.8) is 0 Å². The van der Waals surface area contributed by atoms with Crippen LogP contribution in [-0.4, -0.2) is 45.2 Å². The molecule has 3 rings (SSSR count). The highest BCUT2D eigenvalue weighted by Gasteiger charge is 2.41. The number of fused-ring (bicyclic) bond motifs is 1. The molecule has 0 unspecified atom stereocenters. The van der Waals surface area contributed by atoms with Crippen LogP contribution in [0.3, 0.4) is 0 Å². The van der Waals surface area contributed by atoms with Crippen LogP contribution in [0.4, 0.5) is 5.69 Å². The number of likely N-dealkylation sites (N-methyl/N-ethyl adjacent to an activating group) is 1. The van der Waals surface area contributed by atoms with Crippen molar-refractivity contribution in [1.29, 1.82) is 0 Å². The molecule has 1 N–H and O–H groups in total. The van der Waals surface area contributed by atoms with Gasteiger partial charge in [0.25, 0.3) is 11.8 Å². The Morgan fingerprint density at radius 3 is 2.58 bits per heavy atom. The van der Waals surface area contributed by atoms with E-state index in [1.54, 1.807) is 4.90 Å². The van der Waals surface area contributed by atoms with Crippen molar-refractivity contribution in [2.75, 3.05) is 18.0 Å². The number of thiocarbonyl (C=S) groups is 1. The predicted octanol–water partition coefficient (Wildman–Crippen LogP) is 2.10. The van der Waals surface area contributed by atoms with Crippen LogP contribution in [0.2, 0.25) is 0 Å². The van der Waals surface area contributed by atoms with E-state index in [0.29, 0.717) is 17.7 Å². The lowest BCUT2D eigenvalue weighted by atomic mass is 10.1. The maximum atomic E-state index is 12.8. The van der Waals surface area contributed by atoms with Gasteiger partial charge in [-0.3, -0.25) is 19.3 Å². The molecule has 1 fully saturated rings. The van der Waals surface area contributed by atoms with E-state index in [-0.39, 0.29) is 28.1 Å². The second-order valence-corrected chi connectivity index (χ2v) is 6.88. The first-order chi connectivity index (χ1) is 11.5. The molecule has 0 saturated carbocycles. The number of nitrogens with zero attached hydrogens (tertiary/aromatic N) is 2. The Labute approximate surface area is 148 Å². The molecule has 1 saturated heterocycles. The van der Waals surface area contributed by atoms with Gasteiger partial charge in [0, 0.05) is 18.7 Å². The third kappa shape index (κ3) is 2.61. The number of carbonyl (C=O) groups is 3. The number of aliphatic carboxylic acids is 1. The third-order valence-electron chi connectivity index (χ3n) is 3.86. The lowest BCUT2D eigenvalue weighted by Gasteiger charge is -2.13. The highest BCUT2D eigenvalue weighted by Crippen LogP contribution is 2.44. The highest BCUT2D eigenvalue weighted by atomic mass is 32.2. The number of rotatable bonds is 4. The number of thioether (sulfide) groups is 1. The summed E-state index contributed by atoms with van der Waals surface area (Å²) in [6, 6.07) is 7.31. The first-order valence-corrected chi connectivity index (χ1v) is 8.59. The number of hydrogen-bond acceptors (Lipinski definition) is 5. The normalized spacial score (nSPS) is 20.1. The van der Waals surface area contributed by atoms with Crippen molar-refractivity contribution in [2.24, 2.45) is 0 Å². The van der Waals surface area contributed by atoms with E-state index in [0.717, 1.165) is 17.4 Å². The first-order valence-electron chi connectivity index (χ1n) is 7.36. The molecule has 2 aliphatic rings. The highest BCUT2D eigenvalue weighted by molar-refractivity contribution is 8.26. The van der Waals surface area contributed by atoms with Crippen LogP contribution in [0.25, 0.3) is 5.57 Å². The lowest BCUT2D eigenvalue weighted by Crippen LogP contribution is -2.31. The maximum absolute atomic E-state index is 12.8. The maximum Gasteiger partial charge on any atom is 0.305 e. The molecule has 0 bridgehead atoms. The molecule has 2 amide bonds. The minimum atomic E-state index is -1.00. The molecule has 2 aliphatic heterocycles. The van der Waals surface area contributed by atoms with Crippen LogP contribution in [0.15, 0.2) is 29.2 Å². The van der Waals surface area contributed by atoms with E-state index in [9.17, 15) is 14.4 Å². The van der Waals surface area contributed by atoms with Gasteiger partial charge in [-0.1, -0.05) is 42.2 Å². The van der Waals surface area contributed by atoms with E-state index < -0.39 is 11.9 Å². The van der Waals surface area contributed by atoms with Crippen molar-refractivity contribution in [2.45, 2.75) is 13.3 Å². The number of anilines is 1. The minimum Gasteiger partial charge on any atom is -0.481 e. The molecular weight excluding hydrogens is 348 g/mol. The third-order valence-corrected chi connectivity index (χ3v) is 5.31. The van der Waals surface area contributed by atoms with E-state index in [1.165, 1.54) is 4.90 Å². The quantitative estimate of drug-likeness (QED) is 0.653. The number of carboxylic acids is 1. The van der Waals surface area contributed by atoms with Gasteiger partial charge in [0.05, 0.1) is 22.6 Å². The van der Waals surface area contributed by atoms with Crippen LogP contribution < -0.4 is 4.90 Å². The zero-order chi connectivity index (χ0) is 17.4. The number of para-hydroxylation sites is 1. The zero-order valence-corrected chi connectivity index (χ0v) is 14.4. The average Bonchev–Trinajstić information content (AvgIpc) is 2.98. The van der Waals surface area contributed by atoms with Gasteiger partial charge in [0.2, 0.25) is 0 Å². The molecule has 0 atom stereocenters. The van der Waals surface area contributed by atoms with Gasteiger partial charge in [-0.05, 0) is 13.0 Å². The number of carbonyl (C=O) groups excluding carboxylic acids is 2. The molecule has 124 valence electrons. The number of benzene rings is 1. The van der Waals surface area contributed by atoms with E-state index >= 15 is 0 Å². The molecule has 0 aromatic heterocycles. The van der Waals surface area contributed by atoms with Crippen LogP contribution in [-0.2, 0) is 14.4 Å². The average molecular weight is 362 g/mol. The van der Waals surface area contributed by atoms with Crippen molar-refractivity contribution in [1.82, 2.24) is 4.90 Å². The van der Waals surface area contributed by atoms with Gasteiger partial charge < -0.3 is 10.0 Å². The predicted molar refractivity (Wildman–Crippen MR) is 95.5 cm³/mol. The van der Waals surface area contributed by atoms with Crippen LogP contribution >= 0.6 is 24.0 Å².